The number of carbonyl (C=O) groups is 3. The standard InChI is InChI=1S/C23H27N5O5S/c1-13(2)10-11-26-22(30)19(16-5-4-12-33-16)28(14-6-8-15(32-3)9-7-14)23(31)20-17(24)18(21(25)29)27-34-20/h4-9,12-13,19H,10-11,24H2,1-3H3,(H2,25,29)(H,26,30)/t19-/m0/s1. The lowest BCUT2D eigenvalue weighted by atomic mass is 10.1. The summed E-state index contributed by atoms with van der Waals surface area (Å²) in [5.41, 5.74) is 11.4. The third kappa shape index (κ3) is 5.37. The Morgan fingerprint density at radius 1 is 1.21 bits per heavy atom. The molecule has 3 aromatic rings. The summed E-state index contributed by atoms with van der Waals surface area (Å²) in [6.07, 6.45) is 2.18. The zero-order valence-corrected chi connectivity index (χ0v) is 19.9. The molecular formula is C23H27N5O5S. The van der Waals surface area contributed by atoms with Gasteiger partial charge in [0.25, 0.3) is 17.7 Å². The number of furan rings is 1. The minimum Gasteiger partial charge on any atom is -0.497 e. The molecule has 3 amide bonds. The average Bonchev–Trinajstić information content (AvgIpc) is 3.46. The van der Waals surface area contributed by atoms with Crippen LogP contribution in [0.2, 0.25) is 0 Å². The highest BCUT2D eigenvalue weighted by Crippen LogP contribution is 2.34. The molecule has 3 rings (SSSR count). The summed E-state index contributed by atoms with van der Waals surface area (Å²) < 4.78 is 14.7. The number of hydrogen-bond acceptors (Lipinski definition) is 8. The van der Waals surface area contributed by atoms with E-state index in [-0.39, 0.29) is 22.0 Å². The van der Waals surface area contributed by atoms with Gasteiger partial charge in [-0.1, -0.05) is 13.8 Å². The molecule has 0 spiro atoms. The number of ether oxygens (including phenoxy) is 1. The number of nitrogen functional groups attached to an aromatic ring is 1. The van der Waals surface area contributed by atoms with Crippen LogP contribution < -0.4 is 26.4 Å². The van der Waals surface area contributed by atoms with Crippen molar-refractivity contribution in [1.29, 1.82) is 0 Å². The molecule has 10 nitrogen and oxygen atoms in total. The highest BCUT2D eigenvalue weighted by atomic mass is 32.1. The van der Waals surface area contributed by atoms with E-state index in [0.29, 0.717) is 23.9 Å². The predicted molar refractivity (Wildman–Crippen MR) is 129 cm³/mol. The summed E-state index contributed by atoms with van der Waals surface area (Å²) in [5.74, 6) is -0.709. The van der Waals surface area contributed by atoms with Gasteiger partial charge in [0, 0.05) is 12.2 Å². The van der Waals surface area contributed by atoms with Crippen LogP contribution in [0.1, 0.15) is 52.2 Å². The first kappa shape index (κ1) is 24.8. The van der Waals surface area contributed by atoms with Gasteiger partial charge in [0.05, 0.1) is 19.1 Å². The van der Waals surface area contributed by atoms with E-state index in [1.54, 1.807) is 36.4 Å². The van der Waals surface area contributed by atoms with Crippen LogP contribution in [-0.4, -0.2) is 35.7 Å². The Morgan fingerprint density at radius 2 is 1.91 bits per heavy atom. The maximum absolute atomic E-state index is 13.8. The van der Waals surface area contributed by atoms with Crippen molar-refractivity contribution < 1.29 is 23.5 Å². The number of nitrogens with two attached hydrogens (primary N) is 2. The van der Waals surface area contributed by atoms with Crippen LogP contribution in [-0.2, 0) is 4.79 Å². The van der Waals surface area contributed by atoms with Crippen LogP contribution in [0.3, 0.4) is 0 Å². The van der Waals surface area contributed by atoms with Crippen molar-refractivity contribution >= 4 is 40.6 Å². The van der Waals surface area contributed by atoms with Crippen molar-refractivity contribution in [3.05, 3.63) is 59.0 Å². The van der Waals surface area contributed by atoms with Gasteiger partial charge in [0.15, 0.2) is 11.7 Å². The van der Waals surface area contributed by atoms with Crippen molar-refractivity contribution in [1.82, 2.24) is 9.69 Å². The summed E-state index contributed by atoms with van der Waals surface area (Å²) in [4.78, 5) is 40.1. The number of rotatable bonds is 10. The van der Waals surface area contributed by atoms with Crippen LogP contribution in [0.25, 0.3) is 0 Å². The molecule has 0 aliphatic heterocycles. The molecule has 0 saturated carbocycles. The number of nitrogens with one attached hydrogen (secondary N) is 1. The quantitative estimate of drug-likeness (QED) is 0.399. The third-order valence-electron chi connectivity index (χ3n) is 5.07. The fourth-order valence-electron chi connectivity index (χ4n) is 3.27. The summed E-state index contributed by atoms with van der Waals surface area (Å²) >= 11 is 0.737. The zero-order chi connectivity index (χ0) is 24.8. The molecule has 1 atom stereocenters. The SMILES string of the molecule is COc1ccc(N(C(=O)c2snc(C(N)=O)c2N)[C@H](C(=O)NCCC(C)C)c2ccco2)cc1. The van der Waals surface area contributed by atoms with Crippen LogP contribution in [0, 0.1) is 5.92 Å². The highest BCUT2D eigenvalue weighted by molar-refractivity contribution is 7.09. The fourth-order valence-corrected chi connectivity index (χ4v) is 4.01. The summed E-state index contributed by atoms with van der Waals surface area (Å²) in [5, 5.41) is 2.88. The number of hydrogen-bond donors (Lipinski definition) is 3. The number of anilines is 2. The van der Waals surface area contributed by atoms with E-state index in [2.05, 4.69) is 9.69 Å². The van der Waals surface area contributed by atoms with Crippen LogP contribution >= 0.6 is 11.5 Å². The Labute approximate surface area is 201 Å². The van der Waals surface area contributed by atoms with Crippen LogP contribution in [0.5, 0.6) is 5.75 Å². The normalized spacial score (nSPS) is 11.8. The largest absolute Gasteiger partial charge is 0.497 e. The smallest absolute Gasteiger partial charge is 0.273 e. The molecule has 0 aliphatic rings. The van der Waals surface area contributed by atoms with E-state index in [9.17, 15) is 14.4 Å². The molecule has 1 aromatic carbocycles. The van der Waals surface area contributed by atoms with Gasteiger partial charge in [-0.15, -0.1) is 0 Å². The van der Waals surface area contributed by atoms with Crippen molar-refractivity contribution in [3.63, 3.8) is 0 Å². The van der Waals surface area contributed by atoms with E-state index >= 15 is 0 Å². The molecule has 34 heavy (non-hydrogen) atoms. The zero-order valence-electron chi connectivity index (χ0n) is 19.1. The molecular weight excluding hydrogens is 458 g/mol. The maximum atomic E-state index is 13.8. The third-order valence-corrected chi connectivity index (χ3v) is 5.92. The first-order valence-corrected chi connectivity index (χ1v) is 11.4. The molecule has 0 bridgehead atoms. The van der Waals surface area contributed by atoms with Gasteiger partial charge in [-0.2, -0.15) is 4.37 Å². The predicted octanol–water partition coefficient (Wildman–Crippen LogP) is 2.98. The van der Waals surface area contributed by atoms with Crippen molar-refractivity contribution in [2.24, 2.45) is 11.7 Å². The maximum Gasteiger partial charge on any atom is 0.273 e. The first-order chi connectivity index (χ1) is 16.2. The van der Waals surface area contributed by atoms with E-state index in [1.165, 1.54) is 18.3 Å². The van der Waals surface area contributed by atoms with Gasteiger partial charge in [-0.3, -0.25) is 19.3 Å². The summed E-state index contributed by atoms with van der Waals surface area (Å²) in [6.45, 7) is 4.52. The lowest BCUT2D eigenvalue weighted by Gasteiger charge is -2.29. The minimum absolute atomic E-state index is 0.0174. The molecule has 11 heteroatoms. The summed E-state index contributed by atoms with van der Waals surface area (Å²) in [7, 11) is 1.52. The van der Waals surface area contributed by atoms with Gasteiger partial charge < -0.3 is 25.9 Å². The molecule has 2 aromatic heterocycles. The summed E-state index contributed by atoms with van der Waals surface area (Å²) in [6, 6.07) is 8.70. The Morgan fingerprint density at radius 3 is 2.44 bits per heavy atom. The van der Waals surface area contributed by atoms with Crippen LogP contribution in [0.15, 0.2) is 47.1 Å². The highest BCUT2D eigenvalue weighted by Gasteiger charge is 2.37. The van der Waals surface area contributed by atoms with Gasteiger partial charge >= 0.3 is 0 Å². The lowest BCUT2D eigenvalue weighted by molar-refractivity contribution is -0.122. The van der Waals surface area contributed by atoms with Gasteiger partial charge in [0.1, 0.15) is 16.4 Å². The Bertz CT molecular complexity index is 1140. The number of amides is 3. The van der Waals surface area contributed by atoms with Crippen LogP contribution in [0.4, 0.5) is 11.4 Å². The first-order valence-electron chi connectivity index (χ1n) is 10.6. The molecule has 0 fully saturated rings. The van der Waals surface area contributed by atoms with E-state index in [4.69, 9.17) is 20.6 Å². The Hall–Kier alpha value is -3.86. The number of benzene rings is 1. The van der Waals surface area contributed by atoms with Gasteiger partial charge in [0.2, 0.25) is 0 Å². The van der Waals surface area contributed by atoms with Gasteiger partial charge in [-0.25, -0.2) is 0 Å². The molecule has 0 saturated heterocycles. The van der Waals surface area contributed by atoms with Crippen molar-refractivity contribution in [2.45, 2.75) is 26.3 Å². The minimum atomic E-state index is -1.15. The lowest BCUT2D eigenvalue weighted by Crippen LogP contribution is -2.44. The Kier molecular flexibility index (Phi) is 7.90. The molecule has 0 aliphatic carbocycles. The fraction of sp³-hybridized carbons (Fsp3) is 0.304. The number of carbonyl (C=O) groups excluding carboxylic acids is 3. The second-order valence-corrected chi connectivity index (χ2v) is 8.68. The van der Waals surface area contributed by atoms with E-state index < -0.39 is 23.8 Å². The van der Waals surface area contributed by atoms with E-state index in [0.717, 1.165) is 18.0 Å². The molecule has 5 N–H and O–H groups in total. The molecule has 0 unspecified atom stereocenters. The van der Waals surface area contributed by atoms with Gasteiger partial charge in [-0.05, 0) is 60.3 Å². The Balaban J connectivity index is 2.10. The number of nitrogens with zero attached hydrogens (tertiary/aromatic N) is 2. The molecule has 180 valence electrons. The second-order valence-electron chi connectivity index (χ2n) is 7.90. The van der Waals surface area contributed by atoms with E-state index in [1.807, 2.05) is 13.8 Å². The number of aromatic nitrogens is 1. The van der Waals surface area contributed by atoms with Crippen molar-refractivity contribution in [3.8, 4) is 5.75 Å². The van der Waals surface area contributed by atoms with Crippen molar-refractivity contribution in [2.75, 3.05) is 24.3 Å². The number of primary amides is 1. The topological polar surface area (TPSA) is 154 Å². The second kappa shape index (κ2) is 10.8. The number of methoxy groups -OCH3 is 1. The molecule has 2 heterocycles. The average molecular weight is 486 g/mol. The molecule has 0 radical (unpaired) electrons. The monoisotopic (exact) mass is 485 g/mol.